The van der Waals surface area contributed by atoms with E-state index in [1.165, 1.54) is 0 Å². The van der Waals surface area contributed by atoms with E-state index in [2.05, 4.69) is 0 Å². The lowest BCUT2D eigenvalue weighted by Crippen LogP contribution is -2.32. The van der Waals surface area contributed by atoms with E-state index in [1.807, 2.05) is 46.8 Å². The maximum Gasteiger partial charge on any atom is 0.418 e. The van der Waals surface area contributed by atoms with Crippen LogP contribution in [0.1, 0.15) is 20.8 Å². The van der Waals surface area contributed by atoms with Crippen LogP contribution in [0.3, 0.4) is 0 Å². The summed E-state index contributed by atoms with van der Waals surface area (Å²) in [6.07, 6.45) is -0.378. The van der Waals surface area contributed by atoms with Gasteiger partial charge in [-0.2, -0.15) is 0 Å². The van der Waals surface area contributed by atoms with Crippen molar-refractivity contribution in [3.05, 3.63) is 29.3 Å². The number of ether oxygens (including phenoxy) is 1. The number of fused-ring (bicyclic) bond motifs is 1. The van der Waals surface area contributed by atoms with Gasteiger partial charge in [-0.3, -0.25) is 4.57 Å². The maximum absolute atomic E-state index is 12.2. The van der Waals surface area contributed by atoms with Crippen molar-refractivity contribution in [2.45, 2.75) is 26.4 Å². The van der Waals surface area contributed by atoms with E-state index >= 15 is 0 Å². The highest BCUT2D eigenvalue weighted by molar-refractivity contribution is 6.35. The lowest BCUT2D eigenvalue weighted by Gasteiger charge is -2.20. The predicted molar refractivity (Wildman–Crippen MR) is 76.8 cm³/mol. The van der Waals surface area contributed by atoms with Gasteiger partial charge < -0.3 is 4.74 Å². The Morgan fingerprint density at radius 1 is 1.33 bits per heavy atom. The van der Waals surface area contributed by atoms with Gasteiger partial charge in [0, 0.05) is 5.02 Å². The van der Waals surface area contributed by atoms with Gasteiger partial charge in [-0.25, -0.2) is 4.79 Å². The minimum atomic E-state index is -0.515. The van der Waals surface area contributed by atoms with E-state index in [4.69, 9.17) is 16.3 Å². The smallest absolute Gasteiger partial charge is 0.418 e. The summed E-state index contributed by atoms with van der Waals surface area (Å²) in [5.41, 5.74) is 1.09. The Balaban J connectivity index is 2.53. The van der Waals surface area contributed by atoms with E-state index < -0.39 is 5.60 Å². The zero-order valence-electron chi connectivity index (χ0n) is 11.0. The molecule has 0 atom stereocenters. The van der Waals surface area contributed by atoms with Crippen LogP contribution in [-0.4, -0.2) is 24.1 Å². The summed E-state index contributed by atoms with van der Waals surface area (Å²) in [5.74, 6) is 0. The van der Waals surface area contributed by atoms with E-state index in [-0.39, 0.29) is 6.09 Å². The first-order valence-electron chi connectivity index (χ1n) is 5.79. The monoisotopic (exact) mass is 263 g/mol. The first-order valence-corrected chi connectivity index (χ1v) is 6.17. The summed E-state index contributed by atoms with van der Waals surface area (Å²) in [4.78, 5) is 12.2. The van der Waals surface area contributed by atoms with Crippen molar-refractivity contribution >= 4 is 42.0 Å². The minimum absolute atomic E-state index is 0.378. The molecule has 0 aliphatic heterocycles. The number of carbonyl (C=O) groups is 1. The van der Waals surface area contributed by atoms with E-state index in [0.717, 1.165) is 16.5 Å². The highest BCUT2D eigenvalue weighted by Gasteiger charge is 2.20. The third-order valence-electron chi connectivity index (χ3n) is 2.53. The molecule has 0 amide bonds. The summed E-state index contributed by atoms with van der Waals surface area (Å²) in [5, 5.41) is 1.58. The fraction of sp³-hybridized carbons (Fsp3) is 0.308. The van der Waals surface area contributed by atoms with Crippen LogP contribution in [0.2, 0.25) is 5.02 Å². The Bertz CT molecular complexity index is 613. The van der Waals surface area contributed by atoms with Gasteiger partial charge >= 0.3 is 6.09 Å². The lowest BCUT2D eigenvalue weighted by molar-refractivity contribution is 0.0549. The van der Waals surface area contributed by atoms with Crippen molar-refractivity contribution in [1.29, 1.82) is 0 Å². The third-order valence-corrected chi connectivity index (χ3v) is 2.76. The zero-order valence-corrected chi connectivity index (χ0v) is 11.7. The molecule has 5 heteroatoms. The number of carbonyl (C=O) groups excluding carboxylic acids is 1. The maximum atomic E-state index is 12.2. The van der Waals surface area contributed by atoms with Crippen LogP contribution in [0.5, 0.6) is 0 Å². The molecule has 94 valence electrons. The molecule has 0 unspecified atom stereocenters. The number of benzene rings is 1. The van der Waals surface area contributed by atoms with Crippen molar-refractivity contribution in [3.63, 3.8) is 0 Å². The number of aromatic nitrogens is 1. The quantitative estimate of drug-likeness (QED) is 0.683. The molecule has 1 heterocycles. The fourth-order valence-corrected chi connectivity index (χ4v) is 2.03. The number of halogens is 1. The van der Waals surface area contributed by atoms with E-state index in [9.17, 15) is 4.79 Å². The average molecular weight is 264 g/mol. The normalized spacial score (nSPS) is 11.8. The van der Waals surface area contributed by atoms with E-state index in [1.54, 1.807) is 10.6 Å². The van der Waals surface area contributed by atoms with Gasteiger partial charge in [0.2, 0.25) is 0 Å². The molecular weight excluding hydrogens is 248 g/mol. The second-order valence-electron chi connectivity index (χ2n) is 5.30. The number of hydrogen-bond donors (Lipinski definition) is 0. The first kappa shape index (κ1) is 13.0. The van der Waals surface area contributed by atoms with Crippen molar-refractivity contribution in [3.8, 4) is 0 Å². The summed E-state index contributed by atoms with van der Waals surface area (Å²) in [6, 6.07) is 7.41. The van der Waals surface area contributed by atoms with E-state index in [0.29, 0.717) is 5.02 Å². The molecule has 0 N–H and O–H groups in total. The van der Waals surface area contributed by atoms with Crippen LogP contribution in [0.25, 0.3) is 10.9 Å². The van der Waals surface area contributed by atoms with Gasteiger partial charge in [0.1, 0.15) is 5.60 Å². The van der Waals surface area contributed by atoms with Gasteiger partial charge in [0.25, 0.3) is 0 Å². The van der Waals surface area contributed by atoms with Gasteiger partial charge in [-0.1, -0.05) is 17.7 Å². The molecular formula is C13H15BClNO2. The topological polar surface area (TPSA) is 31.2 Å². The summed E-state index contributed by atoms with van der Waals surface area (Å²) < 4.78 is 6.94. The molecule has 2 aromatic rings. The number of rotatable bonds is 0. The van der Waals surface area contributed by atoms with Gasteiger partial charge in [0.05, 0.1) is 5.52 Å². The van der Waals surface area contributed by atoms with Crippen molar-refractivity contribution in [2.24, 2.45) is 0 Å². The second-order valence-corrected chi connectivity index (χ2v) is 5.74. The molecule has 3 nitrogen and oxygen atoms in total. The largest absolute Gasteiger partial charge is 0.443 e. The Hall–Kier alpha value is -1.42. The Morgan fingerprint density at radius 2 is 2.00 bits per heavy atom. The van der Waals surface area contributed by atoms with Crippen LogP contribution < -0.4 is 5.59 Å². The third kappa shape index (κ3) is 2.54. The predicted octanol–water partition coefficient (Wildman–Crippen LogP) is 2.34. The average Bonchev–Trinajstić information content (AvgIpc) is 2.50. The molecule has 0 saturated carbocycles. The SMILES string of the molecule is Bc1cc2ccc(Cl)cc2n1C(=O)OC(C)(C)C. The summed E-state index contributed by atoms with van der Waals surface area (Å²) >= 11 is 5.97. The summed E-state index contributed by atoms with van der Waals surface area (Å²) in [6.45, 7) is 5.54. The molecule has 0 aliphatic rings. The molecule has 0 radical (unpaired) electrons. The van der Waals surface area contributed by atoms with Crippen LogP contribution in [0.15, 0.2) is 24.3 Å². The number of nitrogens with zero attached hydrogens (tertiary/aromatic N) is 1. The Morgan fingerprint density at radius 3 is 2.61 bits per heavy atom. The van der Waals surface area contributed by atoms with Crippen LogP contribution in [-0.2, 0) is 4.74 Å². The molecule has 0 fully saturated rings. The van der Waals surface area contributed by atoms with Crippen LogP contribution in [0.4, 0.5) is 4.79 Å². The minimum Gasteiger partial charge on any atom is -0.443 e. The Kier molecular flexibility index (Phi) is 3.15. The van der Waals surface area contributed by atoms with Gasteiger partial charge in [-0.15, -0.1) is 0 Å². The molecule has 18 heavy (non-hydrogen) atoms. The molecule has 0 aliphatic carbocycles. The van der Waals surface area contributed by atoms with Crippen LogP contribution in [0, 0.1) is 0 Å². The summed E-state index contributed by atoms with van der Waals surface area (Å²) in [7, 11) is 1.87. The molecule has 0 saturated heterocycles. The molecule has 1 aromatic carbocycles. The molecule has 0 bridgehead atoms. The van der Waals surface area contributed by atoms with Crippen molar-refractivity contribution < 1.29 is 9.53 Å². The molecule has 2 rings (SSSR count). The Labute approximate surface area is 112 Å². The number of hydrogen-bond acceptors (Lipinski definition) is 2. The van der Waals surface area contributed by atoms with Crippen molar-refractivity contribution in [2.75, 3.05) is 0 Å². The first-order chi connectivity index (χ1) is 8.28. The van der Waals surface area contributed by atoms with Gasteiger partial charge in [-0.05, 0) is 49.9 Å². The second kappa shape index (κ2) is 4.36. The van der Waals surface area contributed by atoms with Gasteiger partial charge in [0.15, 0.2) is 7.85 Å². The standard InChI is InChI=1S/C13H15BClNO2/c1-13(2,3)18-12(17)16-10-7-9(15)5-4-8(10)6-11(16)14/h4-7H,14H2,1-3H3. The fourth-order valence-electron chi connectivity index (χ4n) is 1.86. The molecule has 0 spiro atoms. The highest BCUT2D eigenvalue weighted by atomic mass is 35.5. The lowest BCUT2D eigenvalue weighted by atomic mass is 10.1. The van der Waals surface area contributed by atoms with Crippen molar-refractivity contribution in [1.82, 2.24) is 4.57 Å². The zero-order chi connectivity index (χ0) is 13.5. The van der Waals surface area contributed by atoms with Crippen LogP contribution >= 0.6 is 11.6 Å². The molecule has 1 aromatic heterocycles. The highest BCUT2D eigenvalue weighted by Crippen LogP contribution is 2.20.